The maximum absolute atomic E-state index is 5.58. The zero-order chi connectivity index (χ0) is 12.3. The second-order valence-electron chi connectivity index (χ2n) is 3.53. The first-order valence-electron chi connectivity index (χ1n) is 5.42. The van der Waals surface area contributed by atoms with E-state index in [1.54, 1.807) is 0 Å². The molecule has 0 aliphatic carbocycles. The third kappa shape index (κ3) is 2.50. The van der Waals surface area contributed by atoms with Crippen LogP contribution in [0.1, 0.15) is 12.6 Å². The summed E-state index contributed by atoms with van der Waals surface area (Å²) in [4.78, 5) is 0. The molecule has 5 heteroatoms. The van der Waals surface area contributed by atoms with Crippen LogP contribution in [0.3, 0.4) is 0 Å². The van der Waals surface area contributed by atoms with Crippen LogP contribution in [0.4, 0.5) is 0 Å². The van der Waals surface area contributed by atoms with Crippen LogP contribution in [0.25, 0.3) is 11.3 Å². The molecule has 1 aromatic carbocycles. The molecule has 4 nitrogen and oxygen atoms in total. The van der Waals surface area contributed by atoms with Crippen molar-refractivity contribution in [1.29, 1.82) is 0 Å². The zero-order valence-electron chi connectivity index (χ0n) is 9.53. The summed E-state index contributed by atoms with van der Waals surface area (Å²) in [7, 11) is 0. The molecule has 2 aromatic rings. The molecule has 3 N–H and O–H groups in total. The number of benzene rings is 1. The summed E-state index contributed by atoms with van der Waals surface area (Å²) in [5, 5.41) is 7.15. The van der Waals surface area contributed by atoms with Crippen LogP contribution in [0.5, 0.6) is 5.75 Å². The van der Waals surface area contributed by atoms with Gasteiger partial charge in [-0.3, -0.25) is 5.10 Å². The van der Waals surface area contributed by atoms with Gasteiger partial charge in [-0.25, -0.2) is 0 Å². The molecule has 0 spiro atoms. The van der Waals surface area contributed by atoms with Crippen molar-refractivity contribution in [2.24, 2.45) is 5.73 Å². The Bertz CT molecular complexity index is 493. The second-order valence-corrected chi connectivity index (χ2v) is 4.32. The number of nitrogens with two attached hydrogens (primary N) is 1. The Kier molecular flexibility index (Phi) is 3.81. The minimum atomic E-state index is 0.435. The van der Waals surface area contributed by atoms with Crippen molar-refractivity contribution < 1.29 is 4.74 Å². The van der Waals surface area contributed by atoms with E-state index in [1.165, 1.54) is 0 Å². The number of aromatic nitrogens is 2. The number of hydrogen-bond acceptors (Lipinski definition) is 3. The average molecular weight is 296 g/mol. The third-order valence-electron chi connectivity index (χ3n) is 2.42. The Morgan fingerprint density at radius 1 is 1.35 bits per heavy atom. The van der Waals surface area contributed by atoms with E-state index in [2.05, 4.69) is 26.1 Å². The van der Waals surface area contributed by atoms with E-state index in [0.29, 0.717) is 13.2 Å². The lowest BCUT2D eigenvalue weighted by Crippen LogP contribution is -1.96. The van der Waals surface area contributed by atoms with Crippen LogP contribution in [-0.4, -0.2) is 16.8 Å². The SMILES string of the molecule is CCOc1ccc(-c2n[nH]c(CN)c2Br)cc1. The van der Waals surface area contributed by atoms with Crippen LogP contribution in [0.2, 0.25) is 0 Å². The maximum atomic E-state index is 5.58. The van der Waals surface area contributed by atoms with Gasteiger partial charge in [-0.15, -0.1) is 0 Å². The number of halogens is 1. The number of nitrogens with one attached hydrogen (secondary N) is 1. The Hall–Kier alpha value is -1.33. The average Bonchev–Trinajstić information content (AvgIpc) is 2.72. The Labute approximate surface area is 108 Å². The van der Waals surface area contributed by atoms with Gasteiger partial charge in [-0.05, 0) is 47.1 Å². The molecule has 0 radical (unpaired) electrons. The van der Waals surface area contributed by atoms with Crippen molar-refractivity contribution in [2.45, 2.75) is 13.5 Å². The quantitative estimate of drug-likeness (QED) is 0.911. The van der Waals surface area contributed by atoms with E-state index in [4.69, 9.17) is 10.5 Å². The molecular weight excluding hydrogens is 282 g/mol. The fourth-order valence-corrected chi connectivity index (χ4v) is 2.13. The lowest BCUT2D eigenvalue weighted by molar-refractivity contribution is 0.340. The first kappa shape index (κ1) is 12.1. The van der Waals surface area contributed by atoms with Gasteiger partial charge in [-0.2, -0.15) is 5.10 Å². The highest BCUT2D eigenvalue weighted by atomic mass is 79.9. The molecule has 0 atom stereocenters. The van der Waals surface area contributed by atoms with Crippen LogP contribution in [-0.2, 0) is 6.54 Å². The summed E-state index contributed by atoms with van der Waals surface area (Å²) >= 11 is 3.49. The van der Waals surface area contributed by atoms with Crippen LogP contribution in [0, 0.1) is 0 Å². The van der Waals surface area contributed by atoms with Crippen LogP contribution >= 0.6 is 15.9 Å². The lowest BCUT2D eigenvalue weighted by atomic mass is 10.1. The van der Waals surface area contributed by atoms with Gasteiger partial charge in [0.25, 0.3) is 0 Å². The molecule has 0 amide bonds. The molecule has 0 saturated carbocycles. The fourth-order valence-electron chi connectivity index (χ4n) is 1.57. The molecule has 0 bridgehead atoms. The van der Waals surface area contributed by atoms with E-state index >= 15 is 0 Å². The van der Waals surface area contributed by atoms with Crippen LogP contribution < -0.4 is 10.5 Å². The van der Waals surface area contributed by atoms with Gasteiger partial charge in [0.2, 0.25) is 0 Å². The summed E-state index contributed by atoms with van der Waals surface area (Å²) in [6.07, 6.45) is 0. The van der Waals surface area contributed by atoms with E-state index in [9.17, 15) is 0 Å². The summed E-state index contributed by atoms with van der Waals surface area (Å²) in [5.74, 6) is 0.863. The van der Waals surface area contributed by atoms with Gasteiger partial charge < -0.3 is 10.5 Å². The Morgan fingerprint density at radius 2 is 2.06 bits per heavy atom. The first-order chi connectivity index (χ1) is 8.26. The molecule has 0 saturated heterocycles. The summed E-state index contributed by atoms with van der Waals surface area (Å²) < 4.78 is 6.31. The normalized spacial score (nSPS) is 10.5. The number of rotatable bonds is 4. The lowest BCUT2D eigenvalue weighted by Gasteiger charge is -2.03. The molecular formula is C12H14BrN3O. The molecule has 0 unspecified atom stereocenters. The van der Waals surface area contributed by atoms with Crippen molar-refractivity contribution in [3.05, 3.63) is 34.4 Å². The van der Waals surface area contributed by atoms with Crippen molar-refractivity contribution in [3.63, 3.8) is 0 Å². The van der Waals surface area contributed by atoms with Crippen molar-refractivity contribution in [2.75, 3.05) is 6.61 Å². The van der Waals surface area contributed by atoms with E-state index in [-0.39, 0.29) is 0 Å². The first-order valence-corrected chi connectivity index (χ1v) is 6.21. The number of ether oxygens (including phenoxy) is 1. The van der Waals surface area contributed by atoms with Gasteiger partial charge in [-0.1, -0.05) is 0 Å². The molecule has 0 aliphatic heterocycles. The van der Waals surface area contributed by atoms with E-state index in [1.807, 2.05) is 31.2 Å². The molecule has 0 fully saturated rings. The molecule has 17 heavy (non-hydrogen) atoms. The number of aromatic amines is 1. The molecule has 0 aliphatic rings. The van der Waals surface area contributed by atoms with Gasteiger partial charge in [0.1, 0.15) is 11.4 Å². The minimum Gasteiger partial charge on any atom is -0.494 e. The highest BCUT2D eigenvalue weighted by Crippen LogP contribution is 2.29. The second kappa shape index (κ2) is 5.33. The van der Waals surface area contributed by atoms with Gasteiger partial charge in [0, 0.05) is 12.1 Å². The third-order valence-corrected chi connectivity index (χ3v) is 3.27. The fraction of sp³-hybridized carbons (Fsp3) is 0.250. The van der Waals surface area contributed by atoms with Gasteiger partial charge >= 0.3 is 0 Å². The smallest absolute Gasteiger partial charge is 0.119 e. The summed E-state index contributed by atoms with van der Waals surface area (Å²) in [6, 6.07) is 7.82. The topological polar surface area (TPSA) is 63.9 Å². The largest absolute Gasteiger partial charge is 0.494 e. The van der Waals surface area contributed by atoms with E-state index in [0.717, 1.165) is 27.2 Å². The monoisotopic (exact) mass is 295 g/mol. The van der Waals surface area contributed by atoms with Crippen molar-refractivity contribution in [1.82, 2.24) is 10.2 Å². The molecule has 1 aromatic heterocycles. The number of H-pyrrole nitrogens is 1. The zero-order valence-corrected chi connectivity index (χ0v) is 11.1. The summed E-state index contributed by atoms with van der Waals surface area (Å²) in [6.45, 7) is 3.07. The highest BCUT2D eigenvalue weighted by molar-refractivity contribution is 9.10. The van der Waals surface area contributed by atoms with Gasteiger partial charge in [0.05, 0.1) is 16.8 Å². The molecule has 1 heterocycles. The molecule has 90 valence electrons. The predicted molar refractivity (Wildman–Crippen MR) is 70.8 cm³/mol. The number of nitrogens with zero attached hydrogens (tertiary/aromatic N) is 1. The summed E-state index contributed by atoms with van der Waals surface area (Å²) in [5.41, 5.74) is 8.37. The van der Waals surface area contributed by atoms with Crippen molar-refractivity contribution >= 4 is 15.9 Å². The van der Waals surface area contributed by atoms with E-state index < -0.39 is 0 Å². The minimum absolute atomic E-state index is 0.435. The Balaban J connectivity index is 2.30. The molecule has 2 rings (SSSR count). The van der Waals surface area contributed by atoms with Gasteiger partial charge in [0.15, 0.2) is 0 Å². The highest BCUT2D eigenvalue weighted by Gasteiger charge is 2.11. The standard InChI is InChI=1S/C12H14BrN3O/c1-2-17-9-5-3-8(4-6-9)12-11(13)10(7-14)15-16-12/h3-6H,2,7,14H2,1H3,(H,15,16). The van der Waals surface area contributed by atoms with Crippen molar-refractivity contribution in [3.8, 4) is 17.0 Å². The number of hydrogen-bond donors (Lipinski definition) is 2. The predicted octanol–water partition coefficient (Wildman–Crippen LogP) is 2.70. The maximum Gasteiger partial charge on any atom is 0.119 e. The Morgan fingerprint density at radius 3 is 2.59 bits per heavy atom. The van der Waals surface area contributed by atoms with Crippen LogP contribution in [0.15, 0.2) is 28.7 Å².